The molecule has 0 aromatic carbocycles. The van der Waals surface area contributed by atoms with E-state index < -0.39 is 35.8 Å². The van der Waals surface area contributed by atoms with Gasteiger partial charge in [-0.15, -0.1) is 0 Å². The number of rotatable bonds is 5. The van der Waals surface area contributed by atoms with E-state index in [1.54, 1.807) is 6.08 Å². The third kappa shape index (κ3) is 3.21. The van der Waals surface area contributed by atoms with Crippen LogP contribution in [-0.4, -0.2) is 34.5 Å². The maximum atomic E-state index is 12.1. The van der Waals surface area contributed by atoms with Crippen molar-refractivity contribution in [3.63, 3.8) is 0 Å². The molecule has 2 aliphatic heterocycles. The molecule has 0 saturated carbocycles. The van der Waals surface area contributed by atoms with E-state index in [0.29, 0.717) is 5.92 Å². The highest BCUT2D eigenvalue weighted by molar-refractivity contribution is 6.24. The Bertz CT molecular complexity index is 573. The van der Waals surface area contributed by atoms with Crippen LogP contribution in [0.2, 0.25) is 0 Å². The second kappa shape index (κ2) is 5.94. The van der Waals surface area contributed by atoms with Crippen LogP contribution in [0.25, 0.3) is 0 Å². The van der Waals surface area contributed by atoms with E-state index >= 15 is 0 Å². The minimum Gasteiger partial charge on any atom is -0.482 e. The molecule has 0 aliphatic carbocycles. The average Bonchev–Trinajstić information content (AvgIpc) is 2.90. The number of cyclic esters (lactones) is 1. The van der Waals surface area contributed by atoms with E-state index in [1.165, 1.54) is 0 Å². The number of carbonyl (C=O) groups is 3. The molecule has 0 amide bonds. The number of hydrogen-bond donors (Lipinski definition) is 1. The van der Waals surface area contributed by atoms with E-state index in [4.69, 9.17) is 14.6 Å². The molecule has 1 fully saturated rings. The first kappa shape index (κ1) is 16.3. The van der Waals surface area contributed by atoms with E-state index in [0.717, 1.165) is 12.8 Å². The third-order valence-corrected chi connectivity index (χ3v) is 3.98. The van der Waals surface area contributed by atoms with Crippen molar-refractivity contribution in [2.45, 2.75) is 51.7 Å². The first-order valence-corrected chi connectivity index (χ1v) is 7.35. The van der Waals surface area contributed by atoms with Crippen molar-refractivity contribution in [1.82, 2.24) is 0 Å². The quantitative estimate of drug-likeness (QED) is 0.474. The van der Waals surface area contributed by atoms with Crippen molar-refractivity contribution in [3.8, 4) is 0 Å². The summed E-state index contributed by atoms with van der Waals surface area (Å²) in [5, 5.41) is 8.73. The van der Waals surface area contributed by atoms with Gasteiger partial charge in [-0.3, -0.25) is 9.59 Å². The first-order chi connectivity index (χ1) is 10.3. The summed E-state index contributed by atoms with van der Waals surface area (Å²) in [6.07, 6.45) is 3.40. The predicted octanol–water partition coefficient (Wildman–Crippen LogP) is 1.99. The summed E-state index contributed by atoms with van der Waals surface area (Å²) in [5.41, 5.74) is -0.751. The van der Waals surface area contributed by atoms with Crippen molar-refractivity contribution < 1.29 is 29.0 Å². The SMILES string of the molecule is CCC(C)C[C@@]1(C)C=C/C(=C2\C(=O)O[C@@H](CC(=O)O)C2=O)O1. The summed E-state index contributed by atoms with van der Waals surface area (Å²) < 4.78 is 10.6. The van der Waals surface area contributed by atoms with Gasteiger partial charge < -0.3 is 14.6 Å². The van der Waals surface area contributed by atoms with E-state index in [2.05, 4.69) is 13.8 Å². The normalized spacial score (nSPS) is 32.0. The molecule has 0 radical (unpaired) electrons. The number of carbonyl (C=O) groups excluding carboxylic acids is 2. The fourth-order valence-corrected chi connectivity index (χ4v) is 2.67. The van der Waals surface area contributed by atoms with Crippen LogP contribution in [0.4, 0.5) is 0 Å². The summed E-state index contributed by atoms with van der Waals surface area (Å²) >= 11 is 0. The molecular weight excluding hydrogens is 288 g/mol. The van der Waals surface area contributed by atoms with Gasteiger partial charge in [0.2, 0.25) is 5.78 Å². The van der Waals surface area contributed by atoms with Gasteiger partial charge in [-0.05, 0) is 31.4 Å². The van der Waals surface area contributed by atoms with Crippen LogP contribution in [-0.2, 0) is 23.9 Å². The number of Topliss-reactive ketones (excluding diaryl/α,β-unsaturated/α-hetero) is 1. The van der Waals surface area contributed by atoms with Gasteiger partial charge in [0.25, 0.3) is 0 Å². The molecule has 6 nitrogen and oxygen atoms in total. The van der Waals surface area contributed by atoms with Crippen molar-refractivity contribution in [3.05, 3.63) is 23.5 Å². The maximum absolute atomic E-state index is 12.1. The summed E-state index contributed by atoms with van der Waals surface area (Å²) in [7, 11) is 0. The molecule has 3 atom stereocenters. The van der Waals surface area contributed by atoms with E-state index in [-0.39, 0.29) is 11.3 Å². The highest BCUT2D eigenvalue weighted by Gasteiger charge is 2.44. The Morgan fingerprint density at radius 2 is 2.14 bits per heavy atom. The summed E-state index contributed by atoms with van der Waals surface area (Å²) in [5.74, 6) is -2.02. The second-order valence-electron chi connectivity index (χ2n) is 6.06. The van der Waals surface area contributed by atoms with Gasteiger partial charge in [0.15, 0.2) is 6.10 Å². The van der Waals surface area contributed by atoms with Crippen LogP contribution in [0.3, 0.4) is 0 Å². The van der Waals surface area contributed by atoms with Gasteiger partial charge in [0.05, 0.1) is 6.42 Å². The molecule has 1 N–H and O–H groups in total. The minimum absolute atomic E-state index is 0.175. The number of carboxylic acids is 1. The Balaban J connectivity index is 2.19. The lowest BCUT2D eigenvalue weighted by atomic mass is 9.92. The number of allylic oxidation sites excluding steroid dienone is 1. The maximum Gasteiger partial charge on any atom is 0.346 e. The van der Waals surface area contributed by atoms with Gasteiger partial charge in [-0.2, -0.15) is 0 Å². The smallest absolute Gasteiger partial charge is 0.346 e. The molecule has 0 bridgehead atoms. The van der Waals surface area contributed by atoms with Crippen LogP contribution in [0.1, 0.15) is 40.0 Å². The Hall–Kier alpha value is -2.11. The number of esters is 1. The molecule has 2 rings (SSSR count). The predicted molar refractivity (Wildman–Crippen MR) is 76.9 cm³/mol. The van der Waals surface area contributed by atoms with Crippen LogP contribution in [0.15, 0.2) is 23.5 Å². The lowest BCUT2D eigenvalue weighted by Crippen LogP contribution is -2.25. The largest absolute Gasteiger partial charge is 0.482 e. The van der Waals surface area contributed by atoms with Crippen molar-refractivity contribution in [2.75, 3.05) is 0 Å². The lowest BCUT2D eigenvalue weighted by Gasteiger charge is -2.26. The van der Waals surface area contributed by atoms with Crippen molar-refractivity contribution in [1.29, 1.82) is 0 Å². The Morgan fingerprint density at radius 1 is 1.45 bits per heavy atom. The van der Waals surface area contributed by atoms with Crippen LogP contribution in [0.5, 0.6) is 0 Å². The topological polar surface area (TPSA) is 89.9 Å². The zero-order valence-corrected chi connectivity index (χ0v) is 12.9. The molecule has 0 spiro atoms. The molecule has 2 heterocycles. The Kier molecular flexibility index (Phi) is 4.39. The molecule has 1 saturated heterocycles. The highest BCUT2D eigenvalue weighted by atomic mass is 16.6. The van der Waals surface area contributed by atoms with Crippen molar-refractivity contribution in [2.24, 2.45) is 5.92 Å². The molecule has 6 heteroatoms. The van der Waals surface area contributed by atoms with Crippen molar-refractivity contribution >= 4 is 17.7 Å². The number of carboxylic acid groups (broad SMARTS) is 1. The number of hydrogen-bond acceptors (Lipinski definition) is 5. The van der Waals surface area contributed by atoms with Crippen LogP contribution in [0, 0.1) is 5.92 Å². The first-order valence-electron chi connectivity index (χ1n) is 7.35. The molecule has 2 aliphatic rings. The molecular formula is C16H20O6. The average molecular weight is 308 g/mol. The molecule has 0 aromatic heterocycles. The number of aliphatic carboxylic acids is 1. The summed E-state index contributed by atoms with van der Waals surface area (Å²) in [6.45, 7) is 6.08. The van der Waals surface area contributed by atoms with Gasteiger partial charge in [0.1, 0.15) is 16.9 Å². The zero-order valence-electron chi connectivity index (χ0n) is 12.9. The monoisotopic (exact) mass is 308 g/mol. The van der Waals surface area contributed by atoms with Gasteiger partial charge in [-0.1, -0.05) is 20.3 Å². The second-order valence-corrected chi connectivity index (χ2v) is 6.06. The molecule has 1 unspecified atom stereocenters. The van der Waals surface area contributed by atoms with Crippen LogP contribution < -0.4 is 0 Å². The molecule has 0 aromatic rings. The van der Waals surface area contributed by atoms with E-state index in [1.807, 2.05) is 13.0 Å². The minimum atomic E-state index is -1.26. The number of ether oxygens (including phenoxy) is 2. The third-order valence-electron chi connectivity index (χ3n) is 3.98. The van der Waals surface area contributed by atoms with Gasteiger partial charge >= 0.3 is 11.9 Å². The number of ketones is 1. The van der Waals surface area contributed by atoms with E-state index in [9.17, 15) is 14.4 Å². The standard InChI is InChI=1S/C16H20O6/c1-4-9(2)8-16(3)6-5-10(22-16)13-14(19)11(7-12(17)18)21-15(13)20/h5-6,9,11H,4,7-8H2,1-3H3,(H,17,18)/b13-10+/t9?,11-,16+/m0/s1. The van der Waals surface area contributed by atoms with Gasteiger partial charge in [-0.25, -0.2) is 4.79 Å². The molecule has 120 valence electrons. The highest BCUT2D eigenvalue weighted by Crippen LogP contribution is 2.35. The Labute approximate surface area is 128 Å². The zero-order chi connectivity index (χ0) is 16.5. The van der Waals surface area contributed by atoms with Gasteiger partial charge in [0, 0.05) is 0 Å². The molecule has 22 heavy (non-hydrogen) atoms. The summed E-state index contributed by atoms with van der Waals surface area (Å²) in [6, 6.07) is 0. The summed E-state index contributed by atoms with van der Waals surface area (Å²) in [4.78, 5) is 34.7. The lowest BCUT2D eigenvalue weighted by molar-refractivity contribution is -0.147. The fraction of sp³-hybridized carbons (Fsp3) is 0.562. The fourth-order valence-electron chi connectivity index (χ4n) is 2.67. The van der Waals surface area contributed by atoms with Crippen LogP contribution >= 0.6 is 0 Å². The Morgan fingerprint density at radius 3 is 2.73 bits per heavy atom.